The smallest absolute Gasteiger partial charge is 0.254 e. The van der Waals surface area contributed by atoms with Crippen LogP contribution in [0.1, 0.15) is 22.2 Å². The summed E-state index contributed by atoms with van der Waals surface area (Å²) in [7, 11) is 0. The first kappa shape index (κ1) is 16.7. The van der Waals surface area contributed by atoms with Crippen molar-refractivity contribution in [3.63, 3.8) is 0 Å². The van der Waals surface area contributed by atoms with Gasteiger partial charge < -0.3 is 9.42 Å². The molecule has 8 heteroatoms. The number of nitrogens with zero attached hydrogens (tertiary/aromatic N) is 3. The SMILES string of the molecule is O=C(c1ccc(F)c(F)c1)N1CC(c2nc(-c3cccc(Cl)c3)no2)C1. The molecule has 4 rings (SSSR count). The summed E-state index contributed by atoms with van der Waals surface area (Å²) in [6.45, 7) is 0.740. The van der Waals surface area contributed by atoms with Gasteiger partial charge in [-0.3, -0.25) is 4.79 Å². The molecular formula is C18H12ClF2N3O2. The number of hydrogen-bond acceptors (Lipinski definition) is 4. The van der Waals surface area contributed by atoms with E-state index in [0.29, 0.717) is 29.8 Å². The summed E-state index contributed by atoms with van der Waals surface area (Å²) in [5.74, 6) is -1.64. The van der Waals surface area contributed by atoms with Gasteiger partial charge in [0.1, 0.15) is 0 Å². The molecule has 0 saturated carbocycles. The highest BCUT2D eigenvalue weighted by molar-refractivity contribution is 6.30. The molecule has 0 bridgehead atoms. The van der Waals surface area contributed by atoms with Gasteiger partial charge in [-0.15, -0.1) is 0 Å². The van der Waals surface area contributed by atoms with Crippen LogP contribution in [0.2, 0.25) is 5.02 Å². The van der Waals surface area contributed by atoms with E-state index in [1.807, 2.05) is 6.07 Å². The molecule has 26 heavy (non-hydrogen) atoms. The van der Waals surface area contributed by atoms with Gasteiger partial charge in [0.15, 0.2) is 11.6 Å². The van der Waals surface area contributed by atoms with E-state index < -0.39 is 11.6 Å². The largest absolute Gasteiger partial charge is 0.339 e. The molecule has 3 aromatic rings. The Labute approximate surface area is 152 Å². The molecule has 0 aliphatic carbocycles. The summed E-state index contributed by atoms with van der Waals surface area (Å²) in [6.07, 6.45) is 0. The van der Waals surface area contributed by atoms with Crippen molar-refractivity contribution in [3.05, 3.63) is 70.6 Å². The molecule has 1 amide bonds. The van der Waals surface area contributed by atoms with Crippen LogP contribution in [-0.4, -0.2) is 34.0 Å². The molecule has 0 atom stereocenters. The van der Waals surface area contributed by atoms with Crippen molar-refractivity contribution in [1.29, 1.82) is 0 Å². The summed E-state index contributed by atoms with van der Waals surface area (Å²) in [4.78, 5) is 18.2. The normalized spacial score (nSPS) is 14.3. The third-order valence-corrected chi connectivity index (χ3v) is 4.44. The summed E-state index contributed by atoms with van der Waals surface area (Å²) in [5.41, 5.74) is 0.842. The predicted molar refractivity (Wildman–Crippen MR) is 89.7 cm³/mol. The van der Waals surface area contributed by atoms with Gasteiger partial charge in [0.25, 0.3) is 5.91 Å². The van der Waals surface area contributed by atoms with Crippen LogP contribution in [0.15, 0.2) is 47.0 Å². The molecule has 0 unspecified atom stereocenters. The van der Waals surface area contributed by atoms with Crippen molar-refractivity contribution in [2.75, 3.05) is 13.1 Å². The number of benzene rings is 2. The fourth-order valence-corrected chi connectivity index (χ4v) is 2.95. The van der Waals surface area contributed by atoms with Gasteiger partial charge >= 0.3 is 0 Å². The number of halogens is 3. The van der Waals surface area contributed by atoms with Gasteiger partial charge in [-0.1, -0.05) is 28.9 Å². The standard InChI is InChI=1S/C18H12ClF2N3O2/c19-13-3-1-2-10(6-13)16-22-17(26-23-16)12-8-24(9-12)18(25)11-4-5-14(20)15(21)7-11/h1-7,12H,8-9H2. The van der Waals surface area contributed by atoms with Gasteiger partial charge in [0, 0.05) is 29.2 Å². The Bertz CT molecular complexity index is 986. The highest BCUT2D eigenvalue weighted by Gasteiger charge is 2.36. The Kier molecular flexibility index (Phi) is 4.16. The number of amides is 1. The summed E-state index contributed by atoms with van der Waals surface area (Å²) in [5, 5.41) is 4.51. The lowest BCUT2D eigenvalue weighted by Gasteiger charge is -2.37. The fourth-order valence-electron chi connectivity index (χ4n) is 2.76. The van der Waals surface area contributed by atoms with Gasteiger partial charge in [-0.25, -0.2) is 8.78 Å². The van der Waals surface area contributed by atoms with E-state index in [4.69, 9.17) is 16.1 Å². The van der Waals surface area contributed by atoms with Gasteiger partial charge in [-0.05, 0) is 30.3 Å². The Balaban J connectivity index is 1.43. The van der Waals surface area contributed by atoms with Crippen molar-refractivity contribution in [2.24, 2.45) is 0 Å². The number of hydrogen-bond donors (Lipinski definition) is 0. The third kappa shape index (κ3) is 3.06. The molecule has 0 N–H and O–H groups in total. The van der Waals surface area contributed by atoms with Crippen LogP contribution in [0.3, 0.4) is 0 Å². The second-order valence-electron chi connectivity index (χ2n) is 6.00. The molecule has 2 heterocycles. The van der Waals surface area contributed by atoms with Crippen molar-refractivity contribution >= 4 is 17.5 Å². The molecule has 1 fully saturated rings. The predicted octanol–water partition coefficient (Wildman–Crippen LogP) is 3.91. The Morgan fingerprint density at radius 2 is 1.96 bits per heavy atom. The maximum Gasteiger partial charge on any atom is 0.254 e. The van der Waals surface area contributed by atoms with Crippen molar-refractivity contribution in [1.82, 2.24) is 15.0 Å². The summed E-state index contributed by atoms with van der Waals surface area (Å²) in [6, 6.07) is 10.2. The highest BCUT2D eigenvalue weighted by atomic mass is 35.5. The van der Waals surface area contributed by atoms with E-state index in [-0.39, 0.29) is 17.4 Å². The number of likely N-dealkylation sites (tertiary alicyclic amines) is 1. The molecule has 0 spiro atoms. The first-order valence-corrected chi connectivity index (χ1v) is 8.23. The van der Waals surface area contributed by atoms with Gasteiger partial charge in [0.05, 0.1) is 5.92 Å². The average Bonchev–Trinajstić information content (AvgIpc) is 3.05. The monoisotopic (exact) mass is 375 g/mol. The Morgan fingerprint density at radius 3 is 2.69 bits per heavy atom. The Hall–Kier alpha value is -2.80. The maximum atomic E-state index is 13.3. The number of carbonyl (C=O) groups is 1. The molecule has 0 radical (unpaired) electrons. The van der Waals surface area contributed by atoms with E-state index in [2.05, 4.69) is 10.1 Å². The van der Waals surface area contributed by atoms with Crippen LogP contribution in [0.4, 0.5) is 8.78 Å². The summed E-state index contributed by atoms with van der Waals surface area (Å²) >= 11 is 5.96. The van der Waals surface area contributed by atoms with Crippen molar-refractivity contribution in [3.8, 4) is 11.4 Å². The van der Waals surface area contributed by atoms with Crippen LogP contribution in [0.5, 0.6) is 0 Å². The number of aromatic nitrogens is 2. The van der Waals surface area contributed by atoms with E-state index in [9.17, 15) is 13.6 Å². The molecule has 5 nitrogen and oxygen atoms in total. The van der Waals surface area contributed by atoms with E-state index >= 15 is 0 Å². The molecule has 1 aromatic heterocycles. The lowest BCUT2D eigenvalue weighted by Crippen LogP contribution is -2.48. The van der Waals surface area contributed by atoms with Crippen molar-refractivity contribution < 1.29 is 18.1 Å². The highest BCUT2D eigenvalue weighted by Crippen LogP contribution is 2.29. The lowest BCUT2D eigenvalue weighted by molar-refractivity contribution is 0.0568. The number of rotatable bonds is 3. The van der Waals surface area contributed by atoms with Crippen LogP contribution in [0, 0.1) is 11.6 Å². The second kappa shape index (κ2) is 6.49. The molecule has 132 valence electrons. The number of carbonyl (C=O) groups excluding carboxylic acids is 1. The third-order valence-electron chi connectivity index (χ3n) is 4.21. The van der Waals surface area contributed by atoms with Crippen LogP contribution in [-0.2, 0) is 0 Å². The lowest BCUT2D eigenvalue weighted by atomic mass is 9.98. The topological polar surface area (TPSA) is 59.2 Å². The zero-order valence-corrected chi connectivity index (χ0v) is 14.1. The minimum Gasteiger partial charge on any atom is -0.339 e. The first-order chi connectivity index (χ1) is 12.5. The molecule has 1 saturated heterocycles. The maximum absolute atomic E-state index is 13.3. The summed E-state index contributed by atoms with van der Waals surface area (Å²) < 4.78 is 31.5. The minimum atomic E-state index is -1.05. The van der Waals surface area contributed by atoms with E-state index in [1.165, 1.54) is 11.0 Å². The Morgan fingerprint density at radius 1 is 1.15 bits per heavy atom. The quantitative estimate of drug-likeness (QED) is 0.696. The molecule has 1 aliphatic heterocycles. The fraction of sp³-hybridized carbons (Fsp3) is 0.167. The zero-order valence-electron chi connectivity index (χ0n) is 13.3. The minimum absolute atomic E-state index is 0.0929. The van der Waals surface area contributed by atoms with E-state index in [1.54, 1.807) is 18.2 Å². The van der Waals surface area contributed by atoms with Crippen molar-refractivity contribution in [2.45, 2.75) is 5.92 Å². The first-order valence-electron chi connectivity index (χ1n) is 7.85. The molecule has 2 aromatic carbocycles. The zero-order chi connectivity index (χ0) is 18.3. The van der Waals surface area contributed by atoms with Gasteiger partial charge in [0.2, 0.25) is 11.7 Å². The molecular weight excluding hydrogens is 364 g/mol. The molecule has 1 aliphatic rings. The van der Waals surface area contributed by atoms with Crippen LogP contribution >= 0.6 is 11.6 Å². The van der Waals surface area contributed by atoms with Crippen LogP contribution < -0.4 is 0 Å². The second-order valence-corrected chi connectivity index (χ2v) is 6.44. The van der Waals surface area contributed by atoms with Crippen LogP contribution in [0.25, 0.3) is 11.4 Å². The average molecular weight is 376 g/mol. The van der Waals surface area contributed by atoms with Gasteiger partial charge in [-0.2, -0.15) is 4.98 Å². The van der Waals surface area contributed by atoms with E-state index in [0.717, 1.165) is 17.7 Å².